The Hall–Kier alpha value is -4.75. The second kappa shape index (κ2) is 22.4. The maximum Gasteiger partial charge on any atom is 0.435 e. The van der Waals surface area contributed by atoms with E-state index in [2.05, 4.69) is 20.5 Å². The number of halogens is 11. The number of alkyl halides is 8. The van der Waals surface area contributed by atoms with Crippen LogP contribution in [-0.4, -0.2) is 86.7 Å². The maximum atomic E-state index is 15.4. The van der Waals surface area contributed by atoms with Crippen LogP contribution >= 0.6 is 31.1 Å². The fourth-order valence-corrected chi connectivity index (χ4v) is 8.59. The highest BCUT2D eigenvalue weighted by Crippen LogP contribution is 2.50. The van der Waals surface area contributed by atoms with Gasteiger partial charge in [0, 0.05) is 62.4 Å². The topological polar surface area (TPSA) is 182 Å². The third-order valence-electron chi connectivity index (χ3n) is 11.1. The standard InChI is InChI=1S/C39H37ClF10N7O6PS.C5H12OS/c1-4-23-5-6-24(25-7-8-27(40)31-33(25)56(17-37(43,44)45)54-36(31)57(65-3)18-63-30(59)9-10-64(60,61)62)32(51-23)28(14-20-12-21(41)15-22(42)13-20)52-29(58)16-55-35-26(11-19(2)38(35,46)47)34(53-55)39(48,49)50;1-5(2,3)7(4)6/h5-8,12-13,15,19,28H,4,9-11,14,16-18H2,1-3H3,(H,52,58)(H2,60,61,62);1-4H3/t19-,28?;/m1./s1. The molecular formula is C44H49ClF10N7O7PS2. The van der Waals surface area contributed by atoms with Crippen molar-refractivity contribution in [2.24, 2.45) is 5.92 Å². The quantitative estimate of drug-likeness (QED) is 0.0280. The molecule has 3 heterocycles. The summed E-state index contributed by atoms with van der Waals surface area (Å²) in [4.78, 5) is 49.3. The molecule has 0 fully saturated rings. The molecular weight excluding hydrogens is 1060 g/mol. The van der Waals surface area contributed by atoms with E-state index in [0.717, 1.165) is 35.3 Å². The average molecular weight is 1110 g/mol. The molecule has 5 aromatic rings. The lowest BCUT2D eigenvalue weighted by Gasteiger charge is -2.24. The number of amides is 1. The fourth-order valence-electron chi connectivity index (χ4n) is 7.42. The summed E-state index contributed by atoms with van der Waals surface area (Å²) in [6.45, 7) is 4.99. The zero-order valence-electron chi connectivity index (χ0n) is 39.4. The van der Waals surface area contributed by atoms with E-state index in [1.54, 1.807) is 13.2 Å². The SMILES string of the molecule is CCc1ccc(-c2ccc(Cl)c3c(N(COC(=O)CCP(=O)(O)O)SC)nn(CC(F)(F)F)c23)c(C(Cc2cc(F)cc(F)c2)NC(=O)Cn2nc(C(F)(F)F)c3c2C(F)(F)[C@H](C)C3)n1.CS(=O)C(C)(C)C. The van der Waals surface area contributed by atoms with E-state index in [0.29, 0.717) is 16.4 Å². The number of hydrogen-bond acceptors (Lipinski definition) is 10. The highest BCUT2D eigenvalue weighted by Gasteiger charge is 2.54. The van der Waals surface area contributed by atoms with Crippen molar-refractivity contribution < 1.29 is 76.8 Å². The number of carbonyl (C=O) groups excluding carboxylic acids is 2. The van der Waals surface area contributed by atoms with E-state index in [4.69, 9.17) is 26.1 Å². The summed E-state index contributed by atoms with van der Waals surface area (Å²) in [5.41, 5.74) is -3.78. The molecule has 0 bridgehead atoms. The molecule has 6 rings (SSSR count). The highest BCUT2D eigenvalue weighted by atomic mass is 35.5. The number of fused-ring (bicyclic) bond motifs is 2. The number of esters is 1. The largest absolute Gasteiger partial charge is 0.443 e. The first kappa shape index (κ1) is 58.1. The van der Waals surface area contributed by atoms with Crippen LogP contribution in [0.15, 0.2) is 42.5 Å². The number of nitrogens with one attached hydrogen (secondary N) is 1. The van der Waals surface area contributed by atoms with Crippen molar-refractivity contribution in [1.82, 2.24) is 29.9 Å². The van der Waals surface area contributed by atoms with Gasteiger partial charge in [-0.05, 0) is 81.8 Å². The van der Waals surface area contributed by atoms with E-state index >= 15 is 8.78 Å². The van der Waals surface area contributed by atoms with E-state index in [1.165, 1.54) is 30.5 Å². The molecule has 2 unspecified atom stereocenters. The lowest BCUT2D eigenvalue weighted by atomic mass is 9.93. The second-order valence-corrected chi connectivity index (χ2v) is 22.7. The normalized spacial score (nSPS) is 15.7. The predicted molar refractivity (Wildman–Crippen MR) is 251 cm³/mol. The Morgan fingerprint density at radius 1 is 1.03 bits per heavy atom. The Morgan fingerprint density at radius 3 is 2.18 bits per heavy atom. The van der Waals surface area contributed by atoms with Crippen LogP contribution in [0.25, 0.3) is 22.0 Å². The van der Waals surface area contributed by atoms with Crippen molar-refractivity contribution in [3.63, 3.8) is 0 Å². The molecule has 14 nitrogen and oxygen atoms in total. The number of hydrogen-bond donors (Lipinski definition) is 3. The first-order valence-corrected chi connectivity index (χ1v) is 26.5. The molecule has 0 spiro atoms. The Morgan fingerprint density at radius 2 is 1.64 bits per heavy atom. The lowest BCUT2D eigenvalue weighted by molar-refractivity contribution is -0.143. The molecule has 2 aromatic carbocycles. The van der Waals surface area contributed by atoms with Crippen molar-refractivity contribution >= 4 is 70.5 Å². The van der Waals surface area contributed by atoms with Crippen LogP contribution < -0.4 is 9.62 Å². The third-order valence-corrected chi connectivity index (χ3v) is 14.7. The number of rotatable bonds is 16. The zero-order chi connectivity index (χ0) is 54.1. The molecule has 396 valence electrons. The monoisotopic (exact) mass is 1110 g/mol. The number of benzene rings is 2. The Balaban J connectivity index is 0.00000128. The van der Waals surface area contributed by atoms with Crippen LogP contribution in [0.5, 0.6) is 0 Å². The number of aromatic nitrogens is 5. The number of pyridine rings is 1. The number of ether oxygens (including phenoxy) is 1. The molecule has 3 aromatic heterocycles. The molecule has 1 aliphatic carbocycles. The molecule has 72 heavy (non-hydrogen) atoms. The van der Waals surface area contributed by atoms with Gasteiger partial charge in [0.2, 0.25) is 5.91 Å². The number of carbonyl (C=O) groups is 2. The fraction of sp³-hybridized carbons (Fsp3) is 0.477. The van der Waals surface area contributed by atoms with E-state index in [9.17, 15) is 53.5 Å². The smallest absolute Gasteiger partial charge is 0.435 e. The molecule has 3 N–H and O–H groups in total. The van der Waals surface area contributed by atoms with Gasteiger partial charge in [-0.1, -0.05) is 37.6 Å². The number of aryl methyl sites for hydroxylation is 1. The molecule has 1 amide bonds. The first-order valence-electron chi connectivity index (χ1n) is 21.6. The maximum absolute atomic E-state index is 15.4. The summed E-state index contributed by atoms with van der Waals surface area (Å²) >= 11 is 7.49. The molecule has 0 saturated carbocycles. The molecule has 28 heteroatoms. The summed E-state index contributed by atoms with van der Waals surface area (Å²) in [6, 6.07) is 6.36. The van der Waals surface area contributed by atoms with Gasteiger partial charge in [-0.3, -0.25) is 37.0 Å². The van der Waals surface area contributed by atoms with Gasteiger partial charge in [0.05, 0.1) is 40.2 Å². The van der Waals surface area contributed by atoms with Gasteiger partial charge < -0.3 is 19.8 Å². The summed E-state index contributed by atoms with van der Waals surface area (Å²) in [7, 11) is -5.28. The minimum absolute atomic E-state index is 0.0137. The van der Waals surface area contributed by atoms with Crippen molar-refractivity contribution in [3.05, 3.63) is 93.0 Å². The van der Waals surface area contributed by atoms with Crippen LogP contribution in [0, 0.1) is 17.6 Å². The molecule has 0 radical (unpaired) electrons. The number of nitrogens with zero attached hydrogens (tertiary/aromatic N) is 6. The average Bonchev–Trinajstić information content (AvgIpc) is 3.87. The molecule has 3 atom stereocenters. The first-order chi connectivity index (χ1) is 33.1. The van der Waals surface area contributed by atoms with Crippen molar-refractivity contribution in [3.8, 4) is 11.1 Å². The minimum atomic E-state index is -5.16. The van der Waals surface area contributed by atoms with E-state index in [1.807, 2.05) is 20.8 Å². The van der Waals surface area contributed by atoms with Crippen molar-refractivity contribution in [2.45, 2.75) is 102 Å². The summed E-state index contributed by atoms with van der Waals surface area (Å²) < 4.78 is 174. The van der Waals surface area contributed by atoms with E-state index in [-0.39, 0.29) is 60.0 Å². The minimum Gasteiger partial charge on any atom is -0.443 e. The molecule has 1 aliphatic rings. The van der Waals surface area contributed by atoms with Gasteiger partial charge in [-0.25, -0.2) is 8.78 Å². The Kier molecular flexibility index (Phi) is 18.1. The lowest BCUT2D eigenvalue weighted by Crippen LogP contribution is -2.35. The van der Waals surface area contributed by atoms with Crippen molar-refractivity contribution in [2.75, 3.05) is 29.7 Å². The van der Waals surface area contributed by atoms with Crippen molar-refractivity contribution in [1.29, 1.82) is 0 Å². The van der Waals surface area contributed by atoms with Crippen LogP contribution in [0.1, 0.15) is 81.0 Å². The summed E-state index contributed by atoms with van der Waals surface area (Å²) in [6.07, 6.45) is -9.44. The van der Waals surface area contributed by atoms with Crippen LogP contribution in [-0.2, 0) is 74.1 Å². The van der Waals surface area contributed by atoms with Crippen LogP contribution in [0.2, 0.25) is 5.02 Å². The highest BCUT2D eigenvalue weighted by molar-refractivity contribution is 8.00. The predicted octanol–water partition coefficient (Wildman–Crippen LogP) is 10.1. The van der Waals surface area contributed by atoms with Crippen LogP contribution in [0.4, 0.5) is 49.7 Å². The zero-order valence-corrected chi connectivity index (χ0v) is 42.7. The Labute approximate surface area is 418 Å². The van der Waals surface area contributed by atoms with E-state index < -0.39 is 134 Å². The van der Waals surface area contributed by atoms with Gasteiger partial charge in [-0.15, -0.1) is 0 Å². The summed E-state index contributed by atoms with van der Waals surface area (Å²) in [5, 5.41) is 9.79. The molecule has 0 saturated heterocycles. The summed E-state index contributed by atoms with van der Waals surface area (Å²) in [5.74, 6) is -10.0. The Bertz CT molecular complexity index is 2870. The van der Waals surface area contributed by atoms with Gasteiger partial charge >= 0.3 is 25.9 Å². The number of anilines is 1. The molecule has 0 aliphatic heterocycles. The van der Waals surface area contributed by atoms with Gasteiger partial charge in [-0.2, -0.15) is 45.3 Å². The van der Waals surface area contributed by atoms with Crippen LogP contribution in [0.3, 0.4) is 0 Å². The second-order valence-electron chi connectivity index (χ2n) is 17.6. The third kappa shape index (κ3) is 14.3. The van der Waals surface area contributed by atoms with Gasteiger partial charge in [0.15, 0.2) is 18.2 Å². The van der Waals surface area contributed by atoms with Gasteiger partial charge in [0.1, 0.15) is 30.4 Å². The van der Waals surface area contributed by atoms with Gasteiger partial charge in [0.25, 0.3) is 5.92 Å².